The van der Waals surface area contributed by atoms with E-state index in [-0.39, 0.29) is 5.91 Å². The van der Waals surface area contributed by atoms with Crippen LogP contribution in [0.4, 0.5) is 4.39 Å². The molecule has 0 bridgehead atoms. The zero-order chi connectivity index (χ0) is 14.7. The number of rotatable bonds is 4. The van der Waals surface area contributed by atoms with Gasteiger partial charge in [-0.25, -0.2) is 4.39 Å². The van der Waals surface area contributed by atoms with Crippen molar-refractivity contribution in [2.24, 2.45) is 0 Å². The second-order valence-corrected chi connectivity index (χ2v) is 4.94. The van der Waals surface area contributed by atoms with Crippen molar-refractivity contribution in [2.45, 2.75) is 31.5 Å². The van der Waals surface area contributed by atoms with E-state index in [0.29, 0.717) is 24.3 Å². The number of aliphatic hydroxyl groups excluding tert-OH is 1. The van der Waals surface area contributed by atoms with Crippen molar-refractivity contribution < 1.29 is 19.0 Å². The van der Waals surface area contributed by atoms with Crippen LogP contribution >= 0.6 is 0 Å². The Bertz CT molecular complexity index is 495. The van der Waals surface area contributed by atoms with Gasteiger partial charge in [0.1, 0.15) is 11.6 Å². The number of carbonyl (C=O) groups excluding carboxylic acids is 1. The number of hydrogen-bond acceptors (Lipinski definition) is 4. The molecule has 0 spiro atoms. The minimum atomic E-state index is -0.516. The highest BCUT2D eigenvalue weighted by atomic mass is 19.1. The molecule has 1 fully saturated rings. The van der Waals surface area contributed by atoms with Crippen molar-refractivity contribution in [3.05, 3.63) is 29.6 Å². The normalized spacial score (nSPS) is 23.4. The van der Waals surface area contributed by atoms with Gasteiger partial charge in [0.25, 0.3) is 0 Å². The lowest BCUT2D eigenvalue weighted by atomic mass is 10.1. The van der Waals surface area contributed by atoms with Gasteiger partial charge in [0.05, 0.1) is 30.9 Å². The SMILES string of the molecule is COc1cccc(F)c1C(C)NC(=O)C1CC(O)CN1. The molecule has 3 unspecified atom stereocenters. The number of carbonyl (C=O) groups is 1. The van der Waals surface area contributed by atoms with E-state index >= 15 is 0 Å². The third kappa shape index (κ3) is 3.08. The summed E-state index contributed by atoms with van der Waals surface area (Å²) in [5.41, 5.74) is 0.321. The van der Waals surface area contributed by atoms with Crippen LogP contribution in [0, 0.1) is 5.82 Å². The fourth-order valence-electron chi connectivity index (χ4n) is 2.42. The summed E-state index contributed by atoms with van der Waals surface area (Å²) in [4.78, 5) is 12.0. The van der Waals surface area contributed by atoms with E-state index in [2.05, 4.69) is 10.6 Å². The fraction of sp³-hybridized carbons (Fsp3) is 0.500. The smallest absolute Gasteiger partial charge is 0.237 e. The standard InChI is InChI=1S/C14H19FN2O3/c1-8(13-10(15)4-3-5-12(13)20-2)17-14(19)11-6-9(18)7-16-11/h3-5,8-9,11,16,18H,6-7H2,1-2H3,(H,17,19). The van der Waals surface area contributed by atoms with Crippen LogP contribution in [0.1, 0.15) is 24.9 Å². The van der Waals surface area contributed by atoms with Gasteiger partial charge in [-0.05, 0) is 25.5 Å². The number of nitrogens with one attached hydrogen (secondary N) is 2. The molecule has 0 aromatic heterocycles. The van der Waals surface area contributed by atoms with Crippen molar-refractivity contribution in [1.82, 2.24) is 10.6 Å². The molecule has 2 rings (SSSR count). The highest BCUT2D eigenvalue weighted by molar-refractivity contribution is 5.82. The lowest BCUT2D eigenvalue weighted by Gasteiger charge is -2.20. The van der Waals surface area contributed by atoms with E-state index in [1.54, 1.807) is 19.1 Å². The Kier molecular flexibility index (Phi) is 4.57. The van der Waals surface area contributed by atoms with Crippen LogP contribution in [-0.4, -0.2) is 36.8 Å². The van der Waals surface area contributed by atoms with E-state index in [0.717, 1.165) is 0 Å². The Morgan fingerprint density at radius 2 is 2.35 bits per heavy atom. The van der Waals surface area contributed by atoms with Crippen molar-refractivity contribution in [3.63, 3.8) is 0 Å². The Labute approximate surface area is 117 Å². The summed E-state index contributed by atoms with van der Waals surface area (Å²) in [6.07, 6.45) is -0.142. The summed E-state index contributed by atoms with van der Waals surface area (Å²) in [5, 5.41) is 15.1. The van der Waals surface area contributed by atoms with Crippen molar-refractivity contribution in [1.29, 1.82) is 0 Å². The molecule has 3 atom stereocenters. The molecule has 6 heteroatoms. The Morgan fingerprint density at radius 3 is 2.95 bits per heavy atom. The molecule has 0 aliphatic carbocycles. The first kappa shape index (κ1) is 14.7. The summed E-state index contributed by atoms with van der Waals surface area (Å²) in [6.45, 7) is 2.10. The number of hydrogen-bond donors (Lipinski definition) is 3. The maximum Gasteiger partial charge on any atom is 0.237 e. The van der Waals surface area contributed by atoms with E-state index < -0.39 is 24.0 Å². The van der Waals surface area contributed by atoms with Gasteiger partial charge >= 0.3 is 0 Å². The summed E-state index contributed by atoms with van der Waals surface area (Å²) < 4.78 is 19.0. The molecule has 5 nitrogen and oxygen atoms in total. The quantitative estimate of drug-likeness (QED) is 0.761. The van der Waals surface area contributed by atoms with Crippen LogP contribution in [-0.2, 0) is 4.79 Å². The highest BCUT2D eigenvalue weighted by Gasteiger charge is 2.29. The zero-order valence-electron chi connectivity index (χ0n) is 11.5. The lowest BCUT2D eigenvalue weighted by Crippen LogP contribution is -2.41. The first-order valence-corrected chi connectivity index (χ1v) is 6.57. The minimum Gasteiger partial charge on any atom is -0.496 e. The fourth-order valence-corrected chi connectivity index (χ4v) is 2.42. The predicted molar refractivity (Wildman–Crippen MR) is 71.9 cm³/mol. The molecule has 1 aliphatic heterocycles. The van der Waals surface area contributed by atoms with Crippen LogP contribution < -0.4 is 15.4 Å². The van der Waals surface area contributed by atoms with E-state index in [4.69, 9.17) is 4.74 Å². The Balaban J connectivity index is 2.08. The lowest BCUT2D eigenvalue weighted by molar-refractivity contribution is -0.123. The second kappa shape index (κ2) is 6.19. The van der Waals surface area contributed by atoms with Crippen LogP contribution in [0.25, 0.3) is 0 Å². The molecule has 1 amide bonds. The van der Waals surface area contributed by atoms with Gasteiger partial charge in [0.2, 0.25) is 5.91 Å². The topological polar surface area (TPSA) is 70.6 Å². The number of ether oxygens (including phenoxy) is 1. The number of β-amino-alcohol motifs (C(OH)–C–C–N with tert-alkyl or cyclic N) is 1. The average Bonchev–Trinajstić information content (AvgIpc) is 2.84. The van der Waals surface area contributed by atoms with Crippen molar-refractivity contribution in [2.75, 3.05) is 13.7 Å². The summed E-state index contributed by atoms with van der Waals surface area (Å²) >= 11 is 0. The number of benzene rings is 1. The van der Waals surface area contributed by atoms with Gasteiger partial charge in [-0.3, -0.25) is 4.79 Å². The summed E-state index contributed by atoms with van der Waals surface area (Å²) in [5.74, 6) is -0.270. The number of amides is 1. The van der Waals surface area contributed by atoms with E-state index in [9.17, 15) is 14.3 Å². The minimum absolute atomic E-state index is 0.251. The van der Waals surface area contributed by atoms with Crippen molar-refractivity contribution in [3.8, 4) is 5.75 Å². The molecule has 110 valence electrons. The van der Waals surface area contributed by atoms with E-state index in [1.165, 1.54) is 13.2 Å². The summed E-state index contributed by atoms with van der Waals surface area (Å²) in [7, 11) is 1.46. The Hall–Kier alpha value is -1.66. The summed E-state index contributed by atoms with van der Waals surface area (Å²) in [6, 6.07) is 3.58. The predicted octanol–water partition coefficient (Wildman–Crippen LogP) is 0.734. The molecule has 1 saturated heterocycles. The van der Waals surface area contributed by atoms with Crippen LogP contribution in [0.15, 0.2) is 18.2 Å². The number of aliphatic hydroxyl groups is 1. The number of methoxy groups -OCH3 is 1. The average molecular weight is 282 g/mol. The first-order valence-electron chi connectivity index (χ1n) is 6.57. The molecule has 1 aliphatic rings. The molecule has 0 radical (unpaired) electrons. The maximum absolute atomic E-state index is 13.9. The van der Waals surface area contributed by atoms with Crippen LogP contribution in [0.3, 0.4) is 0 Å². The maximum atomic E-state index is 13.9. The monoisotopic (exact) mass is 282 g/mol. The molecule has 0 saturated carbocycles. The number of halogens is 1. The van der Waals surface area contributed by atoms with Gasteiger partial charge in [-0.2, -0.15) is 0 Å². The zero-order valence-corrected chi connectivity index (χ0v) is 11.5. The Morgan fingerprint density at radius 1 is 1.60 bits per heavy atom. The molecular weight excluding hydrogens is 263 g/mol. The third-order valence-electron chi connectivity index (χ3n) is 3.45. The van der Waals surface area contributed by atoms with E-state index in [1.807, 2.05) is 0 Å². The third-order valence-corrected chi connectivity index (χ3v) is 3.45. The van der Waals surface area contributed by atoms with Gasteiger partial charge in [0, 0.05) is 6.54 Å². The molecule has 1 aromatic carbocycles. The van der Waals surface area contributed by atoms with Crippen LogP contribution in [0.2, 0.25) is 0 Å². The van der Waals surface area contributed by atoms with Gasteiger partial charge in [-0.1, -0.05) is 6.07 Å². The molecule has 1 heterocycles. The molecule has 1 aromatic rings. The van der Waals surface area contributed by atoms with Gasteiger partial charge in [0.15, 0.2) is 0 Å². The van der Waals surface area contributed by atoms with Crippen molar-refractivity contribution >= 4 is 5.91 Å². The molecule has 3 N–H and O–H groups in total. The molecular formula is C14H19FN2O3. The van der Waals surface area contributed by atoms with Gasteiger partial charge < -0.3 is 20.5 Å². The largest absolute Gasteiger partial charge is 0.496 e. The van der Waals surface area contributed by atoms with Gasteiger partial charge in [-0.15, -0.1) is 0 Å². The van der Waals surface area contributed by atoms with Crippen LogP contribution in [0.5, 0.6) is 5.75 Å². The first-order chi connectivity index (χ1) is 9.52. The molecule has 20 heavy (non-hydrogen) atoms. The second-order valence-electron chi connectivity index (χ2n) is 4.94. The highest BCUT2D eigenvalue weighted by Crippen LogP contribution is 2.27.